The first-order valence-corrected chi connectivity index (χ1v) is 10.6. The molecule has 26 heavy (non-hydrogen) atoms. The molecular weight excluding hydrogens is 370 g/mol. The van der Waals surface area contributed by atoms with Crippen LogP contribution in [0, 0.1) is 22.7 Å². The molecule has 3 aliphatic rings. The Labute approximate surface area is 160 Å². The SMILES string of the molecule is CC1CC2CSC(N)=NC2(c2nc(NC(=O)C3(C#N)CCC3)cs2)CO1. The minimum atomic E-state index is -0.891. The molecule has 7 nitrogen and oxygen atoms in total. The summed E-state index contributed by atoms with van der Waals surface area (Å²) in [5, 5.41) is 15.3. The zero-order chi connectivity index (χ0) is 18.4. The highest BCUT2D eigenvalue weighted by atomic mass is 32.2. The van der Waals surface area contributed by atoms with Gasteiger partial charge in [0.1, 0.15) is 21.8 Å². The number of amides is 1. The van der Waals surface area contributed by atoms with Crippen molar-refractivity contribution in [1.82, 2.24) is 4.98 Å². The fourth-order valence-corrected chi connectivity index (χ4v) is 5.74. The van der Waals surface area contributed by atoms with Gasteiger partial charge in [0.2, 0.25) is 5.91 Å². The summed E-state index contributed by atoms with van der Waals surface area (Å²) < 4.78 is 5.91. The number of nitrogens with zero attached hydrogens (tertiary/aromatic N) is 3. The lowest BCUT2D eigenvalue weighted by molar-refractivity contribution is -0.126. The number of rotatable bonds is 3. The van der Waals surface area contributed by atoms with Crippen molar-refractivity contribution in [3.63, 3.8) is 0 Å². The fourth-order valence-electron chi connectivity index (χ4n) is 3.77. The molecule has 1 saturated heterocycles. The smallest absolute Gasteiger partial charge is 0.246 e. The quantitative estimate of drug-likeness (QED) is 0.818. The predicted octanol–water partition coefficient (Wildman–Crippen LogP) is 2.46. The molecule has 3 heterocycles. The van der Waals surface area contributed by atoms with Crippen molar-refractivity contribution in [3.05, 3.63) is 10.4 Å². The van der Waals surface area contributed by atoms with E-state index in [1.165, 1.54) is 11.3 Å². The molecule has 3 atom stereocenters. The molecule has 1 aliphatic carbocycles. The zero-order valence-electron chi connectivity index (χ0n) is 14.5. The number of carbonyl (C=O) groups is 1. The minimum absolute atomic E-state index is 0.191. The number of thioether (sulfide) groups is 1. The maximum absolute atomic E-state index is 12.5. The van der Waals surface area contributed by atoms with E-state index in [0.29, 0.717) is 36.4 Å². The monoisotopic (exact) mass is 391 g/mol. The molecule has 1 aromatic heterocycles. The average molecular weight is 392 g/mol. The number of fused-ring (bicyclic) bond motifs is 1. The number of ether oxygens (including phenoxy) is 1. The number of anilines is 1. The number of thiazole rings is 1. The van der Waals surface area contributed by atoms with Crippen LogP contribution in [0.1, 0.15) is 37.6 Å². The largest absolute Gasteiger partial charge is 0.379 e. The van der Waals surface area contributed by atoms with Gasteiger partial charge in [-0.25, -0.2) is 9.98 Å². The summed E-state index contributed by atoms with van der Waals surface area (Å²) in [6.45, 7) is 2.52. The molecule has 3 N–H and O–H groups in total. The molecular formula is C17H21N5O2S2. The van der Waals surface area contributed by atoms with Crippen molar-refractivity contribution >= 4 is 40.0 Å². The second-order valence-corrected chi connectivity index (χ2v) is 9.18. The molecule has 1 saturated carbocycles. The molecule has 0 aromatic carbocycles. The second-order valence-electron chi connectivity index (χ2n) is 7.28. The summed E-state index contributed by atoms with van der Waals surface area (Å²) >= 11 is 3.04. The van der Waals surface area contributed by atoms with E-state index >= 15 is 0 Å². The van der Waals surface area contributed by atoms with Crippen LogP contribution in [-0.2, 0) is 15.1 Å². The Morgan fingerprint density at radius 3 is 3.04 bits per heavy atom. The number of hydrogen-bond acceptors (Lipinski definition) is 8. The lowest BCUT2D eigenvalue weighted by Crippen LogP contribution is -2.49. The molecule has 0 bridgehead atoms. The van der Waals surface area contributed by atoms with Crippen molar-refractivity contribution < 1.29 is 9.53 Å². The number of nitrogens with one attached hydrogen (secondary N) is 1. The highest BCUT2D eigenvalue weighted by Gasteiger charge is 2.50. The maximum atomic E-state index is 12.5. The maximum Gasteiger partial charge on any atom is 0.246 e. The van der Waals surface area contributed by atoms with E-state index in [1.54, 1.807) is 11.8 Å². The van der Waals surface area contributed by atoms with Crippen molar-refractivity contribution in [1.29, 1.82) is 5.26 Å². The van der Waals surface area contributed by atoms with Gasteiger partial charge in [-0.05, 0) is 32.6 Å². The Kier molecular flexibility index (Phi) is 4.45. The third-order valence-electron chi connectivity index (χ3n) is 5.59. The van der Waals surface area contributed by atoms with Gasteiger partial charge in [0.25, 0.3) is 0 Å². The van der Waals surface area contributed by atoms with E-state index in [0.717, 1.165) is 23.6 Å². The highest BCUT2D eigenvalue weighted by molar-refractivity contribution is 8.13. The summed E-state index contributed by atoms with van der Waals surface area (Å²) in [5.41, 5.74) is 4.55. The van der Waals surface area contributed by atoms with Crippen LogP contribution in [0.25, 0.3) is 0 Å². The van der Waals surface area contributed by atoms with Crippen LogP contribution in [0.4, 0.5) is 5.82 Å². The second kappa shape index (κ2) is 6.51. The summed E-state index contributed by atoms with van der Waals surface area (Å²) in [6, 6.07) is 2.16. The molecule has 3 unspecified atom stereocenters. The van der Waals surface area contributed by atoms with Gasteiger partial charge in [0, 0.05) is 17.1 Å². The van der Waals surface area contributed by atoms with Crippen molar-refractivity contribution in [2.75, 3.05) is 17.7 Å². The van der Waals surface area contributed by atoms with E-state index in [4.69, 9.17) is 15.5 Å². The van der Waals surface area contributed by atoms with Crippen molar-refractivity contribution in [2.24, 2.45) is 22.1 Å². The molecule has 2 fully saturated rings. The molecule has 1 aromatic rings. The third kappa shape index (κ3) is 2.80. The van der Waals surface area contributed by atoms with Gasteiger partial charge in [-0.2, -0.15) is 5.26 Å². The summed E-state index contributed by atoms with van der Waals surface area (Å²) in [5.74, 6) is 1.42. The van der Waals surface area contributed by atoms with Gasteiger partial charge in [0.15, 0.2) is 5.17 Å². The highest BCUT2D eigenvalue weighted by Crippen LogP contribution is 2.47. The molecule has 1 amide bonds. The van der Waals surface area contributed by atoms with Crippen LogP contribution < -0.4 is 11.1 Å². The molecule has 138 valence electrons. The molecule has 0 radical (unpaired) electrons. The average Bonchev–Trinajstić information content (AvgIpc) is 3.04. The first-order valence-electron chi connectivity index (χ1n) is 8.76. The Balaban J connectivity index is 1.59. The van der Waals surface area contributed by atoms with Crippen LogP contribution in [0.3, 0.4) is 0 Å². The summed E-state index contributed by atoms with van der Waals surface area (Å²) in [6.07, 6.45) is 3.23. The predicted molar refractivity (Wildman–Crippen MR) is 102 cm³/mol. The molecule has 0 spiro atoms. The third-order valence-corrected chi connectivity index (χ3v) is 7.56. The molecule has 4 rings (SSSR count). The zero-order valence-corrected chi connectivity index (χ0v) is 16.2. The van der Waals surface area contributed by atoms with E-state index in [1.807, 2.05) is 5.38 Å². The number of nitriles is 1. The number of amidine groups is 1. The first-order chi connectivity index (χ1) is 12.5. The Bertz CT molecular complexity index is 797. The van der Waals surface area contributed by atoms with Crippen molar-refractivity contribution in [2.45, 2.75) is 44.2 Å². The van der Waals surface area contributed by atoms with E-state index in [-0.39, 0.29) is 12.0 Å². The van der Waals surface area contributed by atoms with E-state index < -0.39 is 11.0 Å². The number of aliphatic imine (C=N–C) groups is 1. The van der Waals surface area contributed by atoms with Crippen LogP contribution >= 0.6 is 23.1 Å². The van der Waals surface area contributed by atoms with Crippen LogP contribution in [0.5, 0.6) is 0 Å². The number of carbonyl (C=O) groups excluding carboxylic acids is 1. The fraction of sp³-hybridized carbons (Fsp3) is 0.647. The number of hydrogen-bond donors (Lipinski definition) is 2. The standard InChI is InChI=1S/C17H21N5O2S2/c1-10-5-11-6-26-15(19)22-17(11,9-24-10)14-21-12(7-25-14)20-13(23)16(8-18)3-2-4-16/h7,10-11H,2-6,9H2,1H3,(H2,19,22)(H,20,23). The Hall–Kier alpha value is -1.63. The van der Waals surface area contributed by atoms with Gasteiger partial charge in [-0.15, -0.1) is 11.3 Å². The molecule has 2 aliphatic heterocycles. The first kappa shape index (κ1) is 17.8. The van der Waals surface area contributed by atoms with Gasteiger partial charge in [-0.1, -0.05) is 11.8 Å². The van der Waals surface area contributed by atoms with Crippen LogP contribution in [-0.4, -0.2) is 34.5 Å². The topological polar surface area (TPSA) is 113 Å². The van der Waals surface area contributed by atoms with Gasteiger partial charge >= 0.3 is 0 Å². The van der Waals surface area contributed by atoms with E-state index in [9.17, 15) is 10.1 Å². The summed E-state index contributed by atoms with van der Waals surface area (Å²) in [7, 11) is 0. The van der Waals surface area contributed by atoms with Crippen molar-refractivity contribution in [3.8, 4) is 6.07 Å². The lowest BCUT2D eigenvalue weighted by atomic mass is 9.69. The Morgan fingerprint density at radius 2 is 2.35 bits per heavy atom. The molecule has 9 heteroatoms. The minimum Gasteiger partial charge on any atom is -0.379 e. The normalized spacial score (nSPS) is 32.5. The van der Waals surface area contributed by atoms with Crippen LogP contribution in [0.2, 0.25) is 0 Å². The van der Waals surface area contributed by atoms with Crippen LogP contribution in [0.15, 0.2) is 10.4 Å². The van der Waals surface area contributed by atoms with Gasteiger partial charge < -0.3 is 15.8 Å². The number of nitrogens with two attached hydrogens (primary N) is 1. The lowest BCUT2D eigenvalue weighted by Gasteiger charge is -2.44. The Morgan fingerprint density at radius 1 is 1.54 bits per heavy atom. The summed E-state index contributed by atoms with van der Waals surface area (Å²) in [4.78, 5) is 21.8. The van der Waals surface area contributed by atoms with Gasteiger partial charge in [0.05, 0.1) is 18.8 Å². The van der Waals surface area contributed by atoms with Gasteiger partial charge in [-0.3, -0.25) is 4.79 Å². The van der Waals surface area contributed by atoms with E-state index in [2.05, 4.69) is 23.3 Å². The number of aromatic nitrogens is 1.